The van der Waals surface area contributed by atoms with E-state index in [4.69, 9.17) is 10.5 Å². The van der Waals surface area contributed by atoms with Crippen LogP contribution in [0.15, 0.2) is 24.3 Å². The monoisotopic (exact) mass is 338 g/mol. The van der Waals surface area contributed by atoms with Crippen molar-refractivity contribution in [3.8, 4) is 0 Å². The lowest BCUT2D eigenvalue weighted by Crippen LogP contribution is -2.43. The lowest BCUT2D eigenvalue weighted by molar-refractivity contribution is -0.144. The van der Waals surface area contributed by atoms with Gasteiger partial charge in [0, 0.05) is 13.1 Å². The number of carbonyl (C=O) groups is 1. The van der Waals surface area contributed by atoms with E-state index in [1.807, 2.05) is 13.8 Å². The molecule has 2 rings (SSSR count). The van der Waals surface area contributed by atoms with E-state index in [0.29, 0.717) is 25.1 Å². The van der Waals surface area contributed by atoms with Gasteiger partial charge in [-0.05, 0) is 36.5 Å². The molecule has 6 heteroatoms. The van der Waals surface area contributed by atoms with Crippen molar-refractivity contribution in [3.63, 3.8) is 0 Å². The Bertz CT molecular complexity index is 536. The Morgan fingerprint density at radius 1 is 1.33 bits per heavy atom. The number of nitrogens with two attached hydrogens (primary N) is 1. The molecule has 1 heterocycles. The first-order valence-electron chi connectivity index (χ1n) is 8.48. The average Bonchev–Trinajstić information content (AvgIpc) is 3.02. The Labute approximate surface area is 142 Å². The summed E-state index contributed by atoms with van der Waals surface area (Å²) in [6, 6.07) is 5.68. The molecule has 0 aliphatic carbocycles. The van der Waals surface area contributed by atoms with Crippen molar-refractivity contribution in [3.05, 3.63) is 35.6 Å². The number of rotatable bonds is 7. The van der Waals surface area contributed by atoms with Crippen LogP contribution in [0.4, 0.5) is 4.39 Å². The maximum Gasteiger partial charge on any atom is 0.251 e. The van der Waals surface area contributed by atoms with Gasteiger partial charge >= 0.3 is 0 Å². The Morgan fingerprint density at radius 2 is 2.00 bits per heavy atom. The zero-order chi connectivity index (χ0) is 17.7. The number of amides is 1. The number of hydrogen-bond acceptors (Lipinski definition) is 4. The second-order valence-electron chi connectivity index (χ2n) is 6.76. The van der Waals surface area contributed by atoms with E-state index in [1.165, 1.54) is 24.3 Å². The number of benzene rings is 1. The molecule has 3 N–H and O–H groups in total. The maximum atomic E-state index is 13.0. The lowest BCUT2D eigenvalue weighted by atomic mass is 10.1. The summed E-state index contributed by atoms with van der Waals surface area (Å²) in [6.45, 7) is 5.14. The molecule has 0 radical (unpaired) electrons. The fourth-order valence-corrected chi connectivity index (χ4v) is 2.96. The number of ether oxygens (including phenoxy) is 1. The van der Waals surface area contributed by atoms with E-state index in [-0.39, 0.29) is 30.3 Å². The van der Waals surface area contributed by atoms with E-state index in [0.717, 1.165) is 6.42 Å². The molecule has 1 fully saturated rings. The van der Waals surface area contributed by atoms with Crippen LogP contribution >= 0.6 is 0 Å². The average molecular weight is 338 g/mol. The molecule has 1 unspecified atom stereocenters. The second kappa shape index (κ2) is 8.55. The third kappa shape index (κ3) is 5.00. The van der Waals surface area contributed by atoms with Crippen molar-refractivity contribution in [2.45, 2.75) is 45.0 Å². The smallest absolute Gasteiger partial charge is 0.251 e. The fraction of sp³-hybridized carbons (Fsp3) is 0.611. The van der Waals surface area contributed by atoms with Gasteiger partial charge < -0.3 is 20.5 Å². The van der Waals surface area contributed by atoms with Crippen LogP contribution in [0, 0.1) is 11.7 Å². The predicted molar refractivity (Wildman–Crippen MR) is 89.7 cm³/mol. The van der Waals surface area contributed by atoms with Gasteiger partial charge in [0.2, 0.25) is 0 Å². The third-order valence-electron chi connectivity index (χ3n) is 4.19. The Hall–Kier alpha value is -1.50. The highest BCUT2D eigenvalue weighted by Gasteiger charge is 2.33. The number of nitrogens with zero attached hydrogens (tertiary/aromatic N) is 1. The number of halogens is 1. The van der Waals surface area contributed by atoms with Crippen LogP contribution in [0.2, 0.25) is 0 Å². The van der Waals surface area contributed by atoms with E-state index in [1.54, 1.807) is 4.90 Å². The van der Waals surface area contributed by atoms with Gasteiger partial charge in [-0.15, -0.1) is 0 Å². The first-order chi connectivity index (χ1) is 11.4. The van der Waals surface area contributed by atoms with E-state index in [9.17, 15) is 14.3 Å². The zero-order valence-corrected chi connectivity index (χ0v) is 14.3. The van der Waals surface area contributed by atoms with Gasteiger partial charge in [0.15, 0.2) is 0 Å². The molecule has 0 aromatic heterocycles. The van der Waals surface area contributed by atoms with Gasteiger partial charge in [-0.1, -0.05) is 26.0 Å². The summed E-state index contributed by atoms with van der Waals surface area (Å²) in [7, 11) is 0. The molecule has 1 amide bonds. The molecule has 1 aromatic carbocycles. The summed E-state index contributed by atoms with van der Waals surface area (Å²) in [5.74, 6) is -0.199. The summed E-state index contributed by atoms with van der Waals surface area (Å²) < 4.78 is 18.7. The highest BCUT2D eigenvalue weighted by atomic mass is 19.1. The van der Waals surface area contributed by atoms with Crippen LogP contribution < -0.4 is 5.73 Å². The van der Waals surface area contributed by atoms with Crippen LogP contribution in [0.3, 0.4) is 0 Å². The molecule has 1 aromatic rings. The van der Waals surface area contributed by atoms with Gasteiger partial charge in [0.1, 0.15) is 11.9 Å². The van der Waals surface area contributed by atoms with Crippen LogP contribution in [0.1, 0.15) is 38.4 Å². The van der Waals surface area contributed by atoms with Crippen LogP contribution in [-0.4, -0.2) is 47.8 Å². The normalized spacial score (nSPS) is 21.9. The number of aliphatic hydroxyl groups is 1. The van der Waals surface area contributed by atoms with Gasteiger partial charge in [-0.25, -0.2) is 4.39 Å². The molecule has 0 bridgehead atoms. The molecule has 134 valence electrons. The van der Waals surface area contributed by atoms with Gasteiger partial charge in [0.05, 0.1) is 18.8 Å². The minimum absolute atomic E-state index is 0.0677. The van der Waals surface area contributed by atoms with Gasteiger partial charge in [-0.2, -0.15) is 0 Å². The molecule has 5 nitrogen and oxygen atoms in total. The lowest BCUT2D eigenvalue weighted by Gasteiger charge is -2.29. The van der Waals surface area contributed by atoms with Gasteiger partial charge in [-0.3, -0.25) is 4.79 Å². The maximum absolute atomic E-state index is 13.0. The Kier molecular flexibility index (Phi) is 6.71. The van der Waals surface area contributed by atoms with Crippen molar-refractivity contribution < 1.29 is 19.0 Å². The molecular weight excluding hydrogens is 311 g/mol. The molecule has 1 saturated heterocycles. The van der Waals surface area contributed by atoms with Crippen LogP contribution in [0.5, 0.6) is 0 Å². The predicted octanol–water partition coefficient (Wildman–Crippen LogP) is 1.85. The highest BCUT2D eigenvalue weighted by Crippen LogP contribution is 2.23. The standard InChI is InChI=1S/C18H27FN2O3/c1-12(2)10-21(18(23)17-8-7-15(9-20)24-17)11-16(22)13-3-5-14(19)6-4-13/h3-6,12,15-17,22H,7-11,20H2,1-2H3/t15-,16?,17+/m1/s1. The summed E-state index contributed by atoms with van der Waals surface area (Å²) in [6.07, 6.45) is 0.0184. The molecule has 0 saturated carbocycles. The summed E-state index contributed by atoms with van der Waals surface area (Å²) in [5, 5.41) is 10.4. The molecule has 1 aliphatic heterocycles. The molecule has 24 heavy (non-hydrogen) atoms. The SMILES string of the molecule is CC(C)CN(CC(O)c1ccc(F)cc1)C(=O)[C@@H]1CC[C@H](CN)O1. The van der Waals surface area contributed by atoms with Crippen LogP contribution in [0.25, 0.3) is 0 Å². The molecule has 1 aliphatic rings. The second-order valence-corrected chi connectivity index (χ2v) is 6.76. The van der Waals surface area contributed by atoms with Crippen LogP contribution in [-0.2, 0) is 9.53 Å². The topological polar surface area (TPSA) is 75.8 Å². The van der Waals surface area contributed by atoms with E-state index >= 15 is 0 Å². The highest BCUT2D eigenvalue weighted by molar-refractivity contribution is 5.81. The fourth-order valence-electron chi connectivity index (χ4n) is 2.96. The first kappa shape index (κ1) is 18.8. The summed E-state index contributed by atoms with van der Waals surface area (Å²) >= 11 is 0. The van der Waals surface area contributed by atoms with Crippen molar-refractivity contribution >= 4 is 5.91 Å². The largest absolute Gasteiger partial charge is 0.387 e. The zero-order valence-electron chi connectivity index (χ0n) is 14.3. The molecule has 0 spiro atoms. The van der Waals surface area contributed by atoms with Crippen molar-refractivity contribution in [1.82, 2.24) is 4.90 Å². The summed E-state index contributed by atoms with van der Waals surface area (Å²) in [5.41, 5.74) is 6.19. The number of carbonyl (C=O) groups excluding carboxylic acids is 1. The van der Waals surface area contributed by atoms with Crippen molar-refractivity contribution in [2.24, 2.45) is 11.7 Å². The minimum atomic E-state index is -0.861. The van der Waals surface area contributed by atoms with Crippen molar-refractivity contribution in [1.29, 1.82) is 0 Å². The third-order valence-corrected chi connectivity index (χ3v) is 4.19. The Morgan fingerprint density at radius 3 is 2.54 bits per heavy atom. The first-order valence-corrected chi connectivity index (χ1v) is 8.48. The molecule has 3 atom stereocenters. The van der Waals surface area contributed by atoms with E-state index in [2.05, 4.69) is 0 Å². The number of hydrogen-bond donors (Lipinski definition) is 2. The van der Waals surface area contributed by atoms with Gasteiger partial charge in [0.25, 0.3) is 5.91 Å². The molecular formula is C18H27FN2O3. The quantitative estimate of drug-likeness (QED) is 0.795. The number of aliphatic hydroxyl groups excluding tert-OH is 1. The minimum Gasteiger partial charge on any atom is -0.387 e. The summed E-state index contributed by atoms with van der Waals surface area (Å²) in [4.78, 5) is 14.4. The Balaban J connectivity index is 2.04. The van der Waals surface area contributed by atoms with Crippen molar-refractivity contribution in [2.75, 3.05) is 19.6 Å². The van der Waals surface area contributed by atoms with E-state index < -0.39 is 12.2 Å².